The molecule has 0 amide bonds. The molecule has 0 saturated heterocycles. The lowest BCUT2D eigenvalue weighted by Crippen LogP contribution is -2.55. The van der Waals surface area contributed by atoms with E-state index in [1.165, 1.54) is 27.7 Å². The summed E-state index contributed by atoms with van der Waals surface area (Å²) in [6, 6.07) is 18.2. The first-order valence-electron chi connectivity index (χ1n) is 11.1. The number of benzene rings is 2. The Kier molecular flexibility index (Phi) is 4.47. The minimum Gasteiger partial charge on any atom is -0.503 e. The molecule has 6 rings (SSSR count). The number of aromatic nitrogens is 1. The lowest BCUT2D eigenvalue weighted by molar-refractivity contribution is 0.0741. The molecule has 6 heteroatoms. The van der Waals surface area contributed by atoms with Crippen LogP contribution < -0.4 is 10.4 Å². The van der Waals surface area contributed by atoms with Crippen LogP contribution >= 0.6 is 11.8 Å². The molecule has 3 aromatic rings. The van der Waals surface area contributed by atoms with E-state index in [1.54, 1.807) is 10.9 Å². The first-order chi connectivity index (χ1) is 15.6. The predicted octanol–water partition coefficient (Wildman–Crippen LogP) is 4.64. The first-order valence-corrected chi connectivity index (χ1v) is 12.1. The van der Waals surface area contributed by atoms with Crippen LogP contribution in [0.25, 0.3) is 0 Å². The Morgan fingerprint density at radius 3 is 2.47 bits per heavy atom. The zero-order valence-corrected chi connectivity index (χ0v) is 18.5. The molecular formula is C26H24N2O3S. The number of carbonyl (C=O) groups excluding carboxylic acids is 1. The van der Waals surface area contributed by atoms with Crippen molar-refractivity contribution >= 4 is 17.5 Å². The van der Waals surface area contributed by atoms with Gasteiger partial charge in [0.25, 0.3) is 0 Å². The number of aromatic hydroxyl groups is 1. The highest BCUT2D eigenvalue weighted by Gasteiger charge is 2.50. The number of carbonyl (C=O) groups is 1. The molecular weight excluding hydrogens is 420 g/mol. The second-order valence-corrected chi connectivity index (χ2v) is 10.1. The van der Waals surface area contributed by atoms with Crippen LogP contribution in [-0.4, -0.2) is 22.1 Å². The molecule has 1 aliphatic carbocycles. The summed E-state index contributed by atoms with van der Waals surface area (Å²) in [5, 5.41) is 12.9. The van der Waals surface area contributed by atoms with Crippen molar-refractivity contribution in [2.75, 3.05) is 11.6 Å². The summed E-state index contributed by atoms with van der Waals surface area (Å²) in [6.45, 7) is 0.569. The van der Waals surface area contributed by atoms with E-state index in [9.17, 15) is 14.7 Å². The van der Waals surface area contributed by atoms with Gasteiger partial charge in [-0.1, -0.05) is 55.3 Å². The number of ketones is 1. The highest BCUT2D eigenvalue weighted by molar-refractivity contribution is 7.98. The van der Waals surface area contributed by atoms with Gasteiger partial charge in [0, 0.05) is 29.5 Å². The van der Waals surface area contributed by atoms with Crippen LogP contribution in [0.1, 0.15) is 58.9 Å². The number of hydrogen-bond donors (Lipinski definition) is 1. The molecule has 1 N–H and O–H groups in total. The monoisotopic (exact) mass is 444 g/mol. The van der Waals surface area contributed by atoms with Gasteiger partial charge in [-0.3, -0.25) is 19.3 Å². The van der Waals surface area contributed by atoms with Crippen LogP contribution in [-0.2, 0) is 5.75 Å². The third-order valence-corrected chi connectivity index (χ3v) is 8.44. The van der Waals surface area contributed by atoms with Crippen molar-refractivity contribution in [3.05, 3.63) is 93.4 Å². The molecule has 162 valence electrons. The van der Waals surface area contributed by atoms with E-state index in [4.69, 9.17) is 0 Å². The van der Waals surface area contributed by atoms with Crippen molar-refractivity contribution in [3.63, 3.8) is 0 Å². The van der Waals surface area contributed by atoms with Crippen LogP contribution in [0.2, 0.25) is 0 Å². The van der Waals surface area contributed by atoms with Gasteiger partial charge in [-0.2, -0.15) is 0 Å². The third-order valence-electron chi connectivity index (χ3n) is 7.30. The Hall–Kier alpha value is -2.99. The fourth-order valence-corrected chi connectivity index (χ4v) is 6.81. The van der Waals surface area contributed by atoms with Crippen LogP contribution in [0.5, 0.6) is 5.75 Å². The molecule has 3 aliphatic rings. The van der Waals surface area contributed by atoms with Crippen LogP contribution in [0, 0.1) is 5.41 Å². The highest BCUT2D eigenvalue weighted by Crippen LogP contribution is 2.49. The summed E-state index contributed by atoms with van der Waals surface area (Å²) in [4.78, 5) is 27.2. The number of fused-ring (bicyclic) bond motifs is 3. The number of thioether (sulfide) groups is 1. The molecule has 1 aromatic heterocycles. The minimum atomic E-state index is -0.561. The molecule has 1 saturated carbocycles. The molecule has 2 aromatic carbocycles. The van der Waals surface area contributed by atoms with E-state index < -0.39 is 16.6 Å². The predicted molar refractivity (Wildman–Crippen MR) is 125 cm³/mol. The summed E-state index contributed by atoms with van der Waals surface area (Å²) in [6.07, 6.45) is 5.21. The largest absolute Gasteiger partial charge is 0.503 e. The first kappa shape index (κ1) is 19.7. The second-order valence-electron chi connectivity index (χ2n) is 9.06. The SMILES string of the molecule is O=C1c2c(O)c(=O)ccn2N(C2c3ccccc3CSc3ccccc32)CC12CCCC2. The van der Waals surface area contributed by atoms with E-state index in [-0.39, 0.29) is 17.5 Å². The molecule has 0 bridgehead atoms. The zero-order valence-electron chi connectivity index (χ0n) is 17.7. The van der Waals surface area contributed by atoms with Crippen molar-refractivity contribution in [1.29, 1.82) is 0 Å². The number of nitrogens with zero attached hydrogens (tertiary/aromatic N) is 2. The summed E-state index contributed by atoms with van der Waals surface area (Å²) in [5.74, 6) is 0.355. The van der Waals surface area contributed by atoms with Gasteiger partial charge < -0.3 is 5.11 Å². The van der Waals surface area contributed by atoms with Crippen molar-refractivity contribution in [2.24, 2.45) is 5.41 Å². The van der Waals surface area contributed by atoms with Crippen LogP contribution in [0.4, 0.5) is 0 Å². The molecule has 32 heavy (non-hydrogen) atoms. The van der Waals surface area contributed by atoms with E-state index in [0.29, 0.717) is 6.54 Å². The Morgan fingerprint density at radius 2 is 1.66 bits per heavy atom. The molecule has 1 spiro atoms. The van der Waals surface area contributed by atoms with E-state index in [1.807, 2.05) is 11.8 Å². The van der Waals surface area contributed by atoms with Crippen molar-refractivity contribution in [2.45, 2.75) is 42.4 Å². The topological polar surface area (TPSA) is 62.5 Å². The lowest BCUT2D eigenvalue weighted by Gasteiger charge is -2.46. The van der Waals surface area contributed by atoms with Gasteiger partial charge in [0.1, 0.15) is 0 Å². The second kappa shape index (κ2) is 7.27. The van der Waals surface area contributed by atoms with Gasteiger partial charge in [0.05, 0.1) is 11.5 Å². The average molecular weight is 445 g/mol. The van der Waals surface area contributed by atoms with Gasteiger partial charge >= 0.3 is 0 Å². The number of rotatable bonds is 1. The van der Waals surface area contributed by atoms with Crippen molar-refractivity contribution in [3.8, 4) is 5.75 Å². The fraction of sp³-hybridized carbons (Fsp3) is 0.308. The molecule has 2 aliphatic heterocycles. The highest BCUT2D eigenvalue weighted by atomic mass is 32.2. The fourth-order valence-electron chi connectivity index (χ4n) is 5.72. The molecule has 1 fully saturated rings. The van der Waals surface area contributed by atoms with Crippen molar-refractivity contribution in [1.82, 2.24) is 4.68 Å². The Bertz CT molecular complexity index is 1240. The van der Waals surface area contributed by atoms with Gasteiger partial charge in [-0.25, -0.2) is 0 Å². The number of Topliss-reactive ketones (excluding diaryl/α,β-unsaturated/α-hetero) is 1. The Labute approximate surface area is 190 Å². The Balaban J connectivity index is 1.64. The van der Waals surface area contributed by atoms with E-state index in [0.717, 1.165) is 31.4 Å². The molecule has 5 nitrogen and oxygen atoms in total. The van der Waals surface area contributed by atoms with Crippen molar-refractivity contribution < 1.29 is 9.90 Å². The molecule has 0 radical (unpaired) electrons. The summed E-state index contributed by atoms with van der Waals surface area (Å²) in [7, 11) is 0. The van der Waals surface area contributed by atoms with Gasteiger partial charge in [-0.05, 0) is 35.6 Å². The maximum Gasteiger partial charge on any atom is 0.224 e. The maximum absolute atomic E-state index is 13.7. The quantitative estimate of drug-likeness (QED) is 0.592. The summed E-state index contributed by atoms with van der Waals surface area (Å²) >= 11 is 1.83. The van der Waals surface area contributed by atoms with E-state index in [2.05, 4.69) is 53.5 Å². The van der Waals surface area contributed by atoms with Crippen LogP contribution in [0.15, 0.2) is 70.5 Å². The Morgan fingerprint density at radius 1 is 0.938 bits per heavy atom. The molecule has 1 atom stereocenters. The lowest BCUT2D eigenvalue weighted by atomic mass is 9.77. The number of hydrogen-bond acceptors (Lipinski definition) is 5. The third kappa shape index (κ3) is 2.78. The smallest absolute Gasteiger partial charge is 0.224 e. The summed E-state index contributed by atoms with van der Waals surface area (Å²) < 4.78 is 1.75. The van der Waals surface area contributed by atoms with Gasteiger partial charge in [0.15, 0.2) is 17.2 Å². The number of pyridine rings is 1. The normalized spacial score (nSPS) is 21.1. The summed E-state index contributed by atoms with van der Waals surface area (Å²) in [5.41, 5.74) is 2.73. The van der Waals surface area contributed by atoms with Gasteiger partial charge in [0.2, 0.25) is 5.43 Å². The molecule has 3 heterocycles. The van der Waals surface area contributed by atoms with Gasteiger partial charge in [-0.15, -0.1) is 11.8 Å². The zero-order chi connectivity index (χ0) is 21.9. The van der Waals surface area contributed by atoms with E-state index >= 15 is 0 Å². The van der Waals surface area contributed by atoms with Crippen LogP contribution in [0.3, 0.4) is 0 Å². The average Bonchev–Trinajstić information content (AvgIpc) is 3.22. The standard InChI is InChI=1S/C26H24N2O3S/c29-20-11-14-27-23(24(20)30)25(31)26(12-5-6-13-26)16-28(27)22-18-8-2-1-7-17(18)15-32-21-10-4-3-9-19(21)22/h1-4,7-11,14,22,30H,5-6,12-13,15-16H2. The minimum absolute atomic E-state index is 0.0917. The molecule has 1 unspecified atom stereocenters. The maximum atomic E-state index is 13.7.